The van der Waals surface area contributed by atoms with Gasteiger partial charge in [-0.05, 0) is 24.8 Å². The molecule has 1 fully saturated rings. The molecule has 0 aromatic rings. The summed E-state index contributed by atoms with van der Waals surface area (Å²) >= 11 is 2.64. The third-order valence-corrected chi connectivity index (χ3v) is 5.74. The first-order chi connectivity index (χ1) is 5.94. The average molecular weight is 295 g/mol. The molecule has 0 N–H and O–H groups in total. The molecular formula is C11H22IN. The first-order valence-electron chi connectivity index (χ1n) is 5.28. The van der Waals surface area contributed by atoms with E-state index in [0.29, 0.717) is 5.41 Å². The van der Waals surface area contributed by atoms with Crippen LogP contribution in [-0.2, 0) is 0 Å². The van der Waals surface area contributed by atoms with E-state index in [1.165, 1.54) is 13.0 Å². The summed E-state index contributed by atoms with van der Waals surface area (Å²) in [7, 11) is 2.27. The largest absolute Gasteiger partial charge is 0.302 e. The number of rotatable bonds is 2. The van der Waals surface area contributed by atoms with E-state index in [1.54, 1.807) is 0 Å². The molecule has 1 aliphatic heterocycles. The quantitative estimate of drug-likeness (QED) is 0.559. The van der Waals surface area contributed by atoms with Gasteiger partial charge in [0.25, 0.3) is 0 Å². The van der Waals surface area contributed by atoms with Gasteiger partial charge >= 0.3 is 0 Å². The summed E-state index contributed by atoms with van der Waals surface area (Å²) in [5.74, 6) is 0.782. The van der Waals surface area contributed by atoms with Crippen LogP contribution in [0.5, 0.6) is 0 Å². The zero-order valence-electron chi connectivity index (χ0n) is 9.47. The summed E-state index contributed by atoms with van der Waals surface area (Å²) in [6.07, 6.45) is 1.28. The summed E-state index contributed by atoms with van der Waals surface area (Å²) in [6.45, 7) is 10.8. The molecule has 1 heterocycles. The van der Waals surface area contributed by atoms with Crippen LogP contribution in [0.2, 0.25) is 0 Å². The highest BCUT2D eigenvalue weighted by molar-refractivity contribution is 14.1. The van der Waals surface area contributed by atoms with Crippen molar-refractivity contribution in [3.8, 4) is 0 Å². The molecule has 0 bridgehead atoms. The lowest BCUT2D eigenvalue weighted by molar-refractivity contribution is 0.138. The van der Waals surface area contributed by atoms with Crippen molar-refractivity contribution in [3.05, 3.63) is 0 Å². The maximum atomic E-state index is 2.64. The lowest BCUT2D eigenvalue weighted by atomic mass is 9.72. The third kappa shape index (κ3) is 1.76. The van der Waals surface area contributed by atoms with Gasteiger partial charge in [-0.2, -0.15) is 0 Å². The molecule has 78 valence electrons. The number of nitrogens with zero attached hydrogens (tertiary/aromatic N) is 1. The first kappa shape index (κ1) is 11.8. The van der Waals surface area contributed by atoms with E-state index in [0.717, 1.165) is 15.9 Å². The van der Waals surface area contributed by atoms with Crippen LogP contribution in [0.4, 0.5) is 0 Å². The van der Waals surface area contributed by atoms with Gasteiger partial charge in [0, 0.05) is 16.5 Å². The van der Waals surface area contributed by atoms with Crippen LogP contribution in [-0.4, -0.2) is 28.5 Å². The molecule has 3 atom stereocenters. The van der Waals surface area contributed by atoms with Crippen molar-refractivity contribution in [2.24, 2.45) is 11.3 Å². The number of halogens is 1. The number of hydrogen-bond donors (Lipinski definition) is 0. The van der Waals surface area contributed by atoms with Crippen molar-refractivity contribution >= 4 is 22.6 Å². The number of hydrogen-bond acceptors (Lipinski definition) is 1. The van der Waals surface area contributed by atoms with E-state index < -0.39 is 0 Å². The van der Waals surface area contributed by atoms with Gasteiger partial charge in [0.2, 0.25) is 0 Å². The van der Waals surface area contributed by atoms with Crippen LogP contribution in [0.15, 0.2) is 0 Å². The zero-order chi connectivity index (χ0) is 10.2. The van der Waals surface area contributed by atoms with Gasteiger partial charge in [-0.1, -0.05) is 50.3 Å². The Morgan fingerprint density at radius 1 is 1.54 bits per heavy atom. The molecule has 13 heavy (non-hydrogen) atoms. The molecule has 1 rings (SSSR count). The van der Waals surface area contributed by atoms with E-state index in [1.807, 2.05) is 0 Å². The lowest BCUT2D eigenvalue weighted by Gasteiger charge is -2.39. The maximum Gasteiger partial charge on any atom is 0.0308 e. The highest BCUT2D eigenvalue weighted by atomic mass is 127. The Morgan fingerprint density at radius 2 is 2.08 bits per heavy atom. The summed E-state index contributed by atoms with van der Waals surface area (Å²) < 4.78 is 0.806. The average Bonchev–Trinajstić information content (AvgIpc) is 2.24. The van der Waals surface area contributed by atoms with Crippen LogP contribution in [0.1, 0.15) is 34.1 Å². The van der Waals surface area contributed by atoms with Crippen molar-refractivity contribution < 1.29 is 0 Å². The molecule has 1 saturated heterocycles. The Bertz CT molecular complexity index is 181. The third-order valence-electron chi connectivity index (χ3n) is 4.00. The SMILES string of the molecule is CC[C@@H]1N(C)CC(I)C1(C)C(C)C. The molecule has 0 aromatic carbocycles. The van der Waals surface area contributed by atoms with Crippen LogP contribution in [0.3, 0.4) is 0 Å². The Labute approximate surface area is 96.4 Å². The van der Waals surface area contributed by atoms with Crippen molar-refractivity contribution in [2.45, 2.75) is 44.1 Å². The fourth-order valence-corrected chi connectivity index (χ4v) is 4.51. The molecule has 0 aromatic heterocycles. The van der Waals surface area contributed by atoms with Crippen molar-refractivity contribution in [3.63, 3.8) is 0 Å². The lowest BCUT2D eigenvalue weighted by Crippen LogP contribution is -2.41. The highest BCUT2D eigenvalue weighted by Gasteiger charge is 2.49. The topological polar surface area (TPSA) is 3.24 Å². The van der Waals surface area contributed by atoms with Gasteiger partial charge in [0.05, 0.1) is 0 Å². The Morgan fingerprint density at radius 3 is 2.38 bits per heavy atom. The van der Waals surface area contributed by atoms with Gasteiger partial charge in [-0.25, -0.2) is 0 Å². The molecule has 0 amide bonds. The van der Waals surface area contributed by atoms with E-state index in [-0.39, 0.29) is 0 Å². The fourth-order valence-electron chi connectivity index (χ4n) is 2.76. The maximum absolute atomic E-state index is 2.64. The van der Waals surface area contributed by atoms with E-state index in [2.05, 4.69) is 62.2 Å². The van der Waals surface area contributed by atoms with Gasteiger partial charge in [0.15, 0.2) is 0 Å². The van der Waals surface area contributed by atoms with Gasteiger partial charge in [-0.15, -0.1) is 0 Å². The molecule has 0 spiro atoms. The van der Waals surface area contributed by atoms with Gasteiger partial charge < -0.3 is 4.90 Å². The molecule has 2 heteroatoms. The molecule has 1 aliphatic rings. The minimum atomic E-state index is 0.504. The minimum Gasteiger partial charge on any atom is -0.302 e. The van der Waals surface area contributed by atoms with Crippen LogP contribution >= 0.6 is 22.6 Å². The smallest absolute Gasteiger partial charge is 0.0308 e. The normalized spacial score (nSPS) is 41.8. The predicted molar refractivity (Wildman–Crippen MR) is 67.5 cm³/mol. The molecule has 1 nitrogen and oxygen atoms in total. The Kier molecular flexibility index (Phi) is 3.67. The summed E-state index contributed by atoms with van der Waals surface area (Å²) in [5, 5.41) is 0. The summed E-state index contributed by atoms with van der Waals surface area (Å²) in [4.78, 5) is 2.54. The van der Waals surface area contributed by atoms with Gasteiger partial charge in [0.1, 0.15) is 0 Å². The predicted octanol–water partition coefficient (Wildman–Crippen LogP) is 3.18. The van der Waals surface area contributed by atoms with Crippen molar-refractivity contribution in [1.29, 1.82) is 0 Å². The summed E-state index contributed by atoms with van der Waals surface area (Å²) in [5.41, 5.74) is 0.504. The molecule has 0 radical (unpaired) electrons. The fraction of sp³-hybridized carbons (Fsp3) is 1.00. The second-order valence-corrected chi connectivity index (χ2v) is 6.36. The van der Waals surface area contributed by atoms with Crippen LogP contribution < -0.4 is 0 Å². The highest BCUT2D eigenvalue weighted by Crippen LogP contribution is 2.47. The second kappa shape index (κ2) is 4.05. The molecule has 0 saturated carbocycles. The molecule has 0 aliphatic carbocycles. The minimum absolute atomic E-state index is 0.504. The number of alkyl halides is 1. The first-order valence-corrected chi connectivity index (χ1v) is 6.53. The van der Waals surface area contributed by atoms with E-state index in [9.17, 15) is 0 Å². The number of likely N-dealkylation sites (tertiary alicyclic amines) is 1. The Hall–Kier alpha value is 0.690. The van der Waals surface area contributed by atoms with Crippen LogP contribution in [0, 0.1) is 11.3 Å². The van der Waals surface area contributed by atoms with E-state index in [4.69, 9.17) is 0 Å². The molecule has 2 unspecified atom stereocenters. The van der Waals surface area contributed by atoms with Crippen molar-refractivity contribution in [1.82, 2.24) is 4.90 Å². The zero-order valence-corrected chi connectivity index (χ0v) is 11.6. The monoisotopic (exact) mass is 295 g/mol. The van der Waals surface area contributed by atoms with Crippen LogP contribution in [0.25, 0.3) is 0 Å². The Balaban J connectivity index is 2.91. The van der Waals surface area contributed by atoms with E-state index >= 15 is 0 Å². The van der Waals surface area contributed by atoms with Gasteiger partial charge in [-0.3, -0.25) is 0 Å². The summed E-state index contributed by atoms with van der Waals surface area (Å²) in [6, 6.07) is 0.773. The van der Waals surface area contributed by atoms with Crippen molar-refractivity contribution in [2.75, 3.05) is 13.6 Å². The standard InChI is InChI=1S/C11H22IN/c1-6-10-11(4,8(2)3)9(12)7-13(10)5/h8-10H,6-7H2,1-5H3/t9?,10-,11?/m0/s1. The molecular weight excluding hydrogens is 273 g/mol. The second-order valence-electron chi connectivity index (χ2n) is 4.85.